The average Bonchev–Trinajstić information content (AvgIpc) is 2.14. The van der Waals surface area contributed by atoms with E-state index < -0.39 is 11.8 Å². The molecular weight excluding hydrogens is 186 g/mol. The molecule has 0 aromatic rings. The van der Waals surface area contributed by atoms with Crippen molar-refractivity contribution in [2.24, 2.45) is 0 Å². The summed E-state index contributed by atoms with van der Waals surface area (Å²) < 4.78 is 0. The zero-order chi connectivity index (χ0) is 11.0. The number of nitrogens with one attached hydrogen (secondary N) is 2. The lowest BCUT2D eigenvalue weighted by Gasteiger charge is -2.11. The first-order chi connectivity index (χ1) is 6.61. The van der Waals surface area contributed by atoms with Gasteiger partial charge in [0, 0.05) is 12.6 Å². The summed E-state index contributed by atoms with van der Waals surface area (Å²) in [5.41, 5.74) is 0. The highest BCUT2D eigenvalue weighted by Crippen LogP contribution is 1.87. The molecule has 0 spiro atoms. The van der Waals surface area contributed by atoms with Gasteiger partial charge in [0.25, 0.3) is 0 Å². The van der Waals surface area contributed by atoms with Crippen LogP contribution in [0.4, 0.5) is 0 Å². The first kappa shape index (κ1) is 12.4. The van der Waals surface area contributed by atoms with Gasteiger partial charge in [-0.05, 0) is 13.3 Å². The highest BCUT2D eigenvalue weighted by molar-refractivity contribution is 6.35. The van der Waals surface area contributed by atoms with E-state index in [0.717, 1.165) is 0 Å². The number of carbonyl (C=O) groups excluding carboxylic acids is 2. The third kappa shape index (κ3) is 5.11. The highest BCUT2D eigenvalue weighted by Gasteiger charge is 2.14. The summed E-state index contributed by atoms with van der Waals surface area (Å²) in [6.07, 6.45) is 0.386. The van der Waals surface area contributed by atoms with E-state index >= 15 is 0 Å². The van der Waals surface area contributed by atoms with Crippen molar-refractivity contribution in [2.75, 3.05) is 13.2 Å². The second-order valence-electron chi connectivity index (χ2n) is 2.73. The molecule has 0 aliphatic carbocycles. The maximum atomic E-state index is 11.0. The molecule has 6 heteroatoms. The van der Waals surface area contributed by atoms with Gasteiger partial charge in [-0.1, -0.05) is 0 Å². The van der Waals surface area contributed by atoms with Crippen LogP contribution in [0.1, 0.15) is 13.3 Å². The van der Waals surface area contributed by atoms with Crippen LogP contribution in [0.25, 0.3) is 0 Å². The van der Waals surface area contributed by atoms with Crippen LogP contribution in [0.5, 0.6) is 0 Å². The smallest absolute Gasteiger partial charge is 0.310 e. The molecule has 0 radical (unpaired) electrons. The SMILES string of the molecule is CC(CCO)NC(=O)C(=O)NCC#N. The van der Waals surface area contributed by atoms with E-state index in [-0.39, 0.29) is 19.2 Å². The zero-order valence-corrected chi connectivity index (χ0v) is 7.91. The van der Waals surface area contributed by atoms with Crippen LogP contribution < -0.4 is 10.6 Å². The van der Waals surface area contributed by atoms with Gasteiger partial charge in [0.2, 0.25) is 0 Å². The Morgan fingerprint density at radius 2 is 2.14 bits per heavy atom. The molecule has 78 valence electrons. The average molecular weight is 199 g/mol. The van der Waals surface area contributed by atoms with E-state index in [1.54, 1.807) is 13.0 Å². The molecular formula is C8H13N3O3. The normalized spacial score (nSPS) is 11.2. The molecule has 0 aliphatic rings. The maximum absolute atomic E-state index is 11.0. The molecule has 0 saturated heterocycles. The topological polar surface area (TPSA) is 102 Å². The second kappa shape index (κ2) is 6.86. The van der Waals surface area contributed by atoms with Gasteiger partial charge in [0.05, 0.1) is 6.07 Å². The number of aliphatic hydroxyl groups is 1. The molecule has 0 aromatic carbocycles. The van der Waals surface area contributed by atoms with E-state index in [1.165, 1.54) is 0 Å². The van der Waals surface area contributed by atoms with Crippen LogP contribution in [-0.4, -0.2) is 36.1 Å². The van der Waals surface area contributed by atoms with Crippen molar-refractivity contribution < 1.29 is 14.7 Å². The Kier molecular flexibility index (Phi) is 6.07. The first-order valence-electron chi connectivity index (χ1n) is 4.18. The molecule has 0 heterocycles. The van der Waals surface area contributed by atoms with Crippen LogP contribution in [0.2, 0.25) is 0 Å². The fourth-order valence-electron chi connectivity index (χ4n) is 0.755. The fourth-order valence-corrected chi connectivity index (χ4v) is 0.755. The Morgan fingerprint density at radius 1 is 1.50 bits per heavy atom. The quantitative estimate of drug-likeness (QED) is 0.379. The molecule has 0 fully saturated rings. The van der Waals surface area contributed by atoms with Crippen molar-refractivity contribution in [3.63, 3.8) is 0 Å². The largest absolute Gasteiger partial charge is 0.396 e. The van der Waals surface area contributed by atoms with Crippen molar-refractivity contribution in [3.05, 3.63) is 0 Å². The van der Waals surface area contributed by atoms with Gasteiger partial charge in [0.15, 0.2) is 0 Å². The van der Waals surface area contributed by atoms with Crippen LogP contribution in [0, 0.1) is 11.3 Å². The summed E-state index contributed by atoms with van der Waals surface area (Å²) in [6.45, 7) is 1.42. The van der Waals surface area contributed by atoms with Crippen LogP contribution in [-0.2, 0) is 9.59 Å². The number of nitrogens with zero attached hydrogens (tertiary/aromatic N) is 1. The van der Waals surface area contributed by atoms with Crippen LogP contribution >= 0.6 is 0 Å². The Morgan fingerprint density at radius 3 is 2.64 bits per heavy atom. The predicted octanol–water partition coefficient (Wildman–Crippen LogP) is -1.49. The minimum absolute atomic E-state index is 0.0543. The van der Waals surface area contributed by atoms with Crippen molar-refractivity contribution in [2.45, 2.75) is 19.4 Å². The summed E-state index contributed by atoms with van der Waals surface area (Å²) in [5.74, 6) is -1.63. The standard InChI is InChI=1S/C8H13N3O3/c1-6(2-5-12)11-8(14)7(13)10-4-3-9/h6,12H,2,4-5H2,1H3,(H,10,13)(H,11,14). The van der Waals surface area contributed by atoms with Crippen molar-refractivity contribution in [1.29, 1.82) is 5.26 Å². The van der Waals surface area contributed by atoms with E-state index in [9.17, 15) is 9.59 Å². The van der Waals surface area contributed by atoms with Crippen molar-refractivity contribution >= 4 is 11.8 Å². The molecule has 0 bridgehead atoms. The summed E-state index contributed by atoms with van der Waals surface area (Å²) in [4.78, 5) is 21.9. The van der Waals surface area contributed by atoms with Crippen molar-refractivity contribution in [3.8, 4) is 6.07 Å². The molecule has 0 aromatic heterocycles. The second-order valence-corrected chi connectivity index (χ2v) is 2.73. The minimum atomic E-state index is -0.837. The number of aliphatic hydroxyl groups excluding tert-OH is 1. The van der Waals surface area contributed by atoms with Gasteiger partial charge < -0.3 is 15.7 Å². The van der Waals surface area contributed by atoms with Crippen LogP contribution in [0.3, 0.4) is 0 Å². The minimum Gasteiger partial charge on any atom is -0.396 e. The lowest BCUT2D eigenvalue weighted by Crippen LogP contribution is -2.43. The van der Waals surface area contributed by atoms with E-state index in [4.69, 9.17) is 10.4 Å². The van der Waals surface area contributed by atoms with Crippen molar-refractivity contribution in [1.82, 2.24) is 10.6 Å². The van der Waals surface area contributed by atoms with Gasteiger partial charge in [-0.25, -0.2) is 0 Å². The third-order valence-corrected chi connectivity index (χ3v) is 1.47. The summed E-state index contributed by atoms with van der Waals surface area (Å²) in [7, 11) is 0. The third-order valence-electron chi connectivity index (χ3n) is 1.47. The Labute approximate surface area is 81.9 Å². The number of rotatable bonds is 4. The molecule has 0 rings (SSSR count). The van der Waals surface area contributed by atoms with Gasteiger partial charge in [-0.3, -0.25) is 9.59 Å². The molecule has 0 aliphatic heterocycles. The molecule has 1 atom stereocenters. The van der Waals surface area contributed by atoms with Gasteiger partial charge in [-0.2, -0.15) is 5.26 Å². The van der Waals surface area contributed by atoms with Gasteiger partial charge in [0.1, 0.15) is 6.54 Å². The predicted molar refractivity (Wildman–Crippen MR) is 47.9 cm³/mol. The summed E-state index contributed by atoms with van der Waals surface area (Å²) in [6, 6.07) is 1.42. The molecule has 3 N–H and O–H groups in total. The van der Waals surface area contributed by atoms with Crippen LogP contribution in [0.15, 0.2) is 0 Å². The maximum Gasteiger partial charge on any atom is 0.310 e. The number of nitriles is 1. The Bertz CT molecular complexity index is 247. The Hall–Kier alpha value is -1.61. The number of carbonyl (C=O) groups is 2. The van der Waals surface area contributed by atoms with Gasteiger partial charge in [-0.15, -0.1) is 0 Å². The van der Waals surface area contributed by atoms with Gasteiger partial charge >= 0.3 is 11.8 Å². The number of amides is 2. The zero-order valence-electron chi connectivity index (χ0n) is 7.91. The first-order valence-corrected chi connectivity index (χ1v) is 4.18. The number of hydrogen-bond acceptors (Lipinski definition) is 4. The Balaban J connectivity index is 3.84. The fraction of sp³-hybridized carbons (Fsp3) is 0.625. The molecule has 0 saturated carbocycles. The summed E-state index contributed by atoms with van der Waals surface area (Å²) >= 11 is 0. The molecule has 2 amide bonds. The monoisotopic (exact) mass is 199 g/mol. The van der Waals surface area contributed by atoms with E-state index in [1.807, 2.05) is 0 Å². The molecule has 1 unspecified atom stereocenters. The molecule has 14 heavy (non-hydrogen) atoms. The lowest BCUT2D eigenvalue weighted by molar-refractivity contribution is -0.139. The number of hydrogen-bond donors (Lipinski definition) is 3. The van der Waals surface area contributed by atoms with E-state index in [0.29, 0.717) is 6.42 Å². The summed E-state index contributed by atoms with van der Waals surface area (Å²) in [5, 5.41) is 21.1. The highest BCUT2D eigenvalue weighted by atomic mass is 16.3. The van der Waals surface area contributed by atoms with E-state index in [2.05, 4.69) is 10.6 Å². The lowest BCUT2D eigenvalue weighted by atomic mass is 10.2. The molecule has 6 nitrogen and oxygen atoms in total.